The molecule has 68 heavy (non-hydrogen) atoms. The summed E-state index contributed by atoms with van der Waals surface area (Å²) in [6.45, 7) is 14.1. The molecule has 9 aromatic carbocycles. The van der Waals surface area contributed by atoms with Crippen LogP contribution in [0.5, 0.6) is 11.5 Å². The van der Waals surface area contributed by atoms with E-state index in [0.717, 1.165) is 28.6 Å². The van der Waals surface area contributed by atoms with E-state index in [0.29, 0.717) is 17.8 Å². The maximum Gasteiger partial charge on any atom is 0.251 e. The summed E-state index contributed by atoms with van der Waals surface area (Å²) in [4.78, 5) is 5.07. The molecule has 0 radical (unpaired) electrons. The highest BCUT2D eigenvalue weighted by atomic mass is 32.2. The van der Waals surface area contributed by atoms with E-state index in [1.165, 1.54) is 87.4 Å². The summed E-state index contributed by atoms with van der Waals surface area (Å²) >= 11 is 1.88. The number of hydrogen-bond acceptors (Lipinski definition) is 3. The van der Waals surface area contributed by atoms with Crippen LogP contribution in [-0.4, -0.2) is 6.71 Å². The minimum absolute atomic E-state index is 0.0128. The normalized spacial score (nSPS) is 14.0. The number of anilines is 3. The smallest absolute Gasteiger partial charge is 0.251 e. The summed E-state index contributed by atoms with van der Waals surface area (Å²) in [5, 5.41) is 0. The minimum Gasteiger partial charge on any atom is -0.458 e. The van der Waals surface area contributed by atoms with Crippen LogP contribution in [-0.2, 0) is 5.41 Å². The van der Waals surface area contributed by atoms with E-state index < -0.39 is 5.41 Å². The first-order valence-electron chi connectivity index (χ1n) is 24.4. The standard InChI is InChI=1S/C64H54BNOS/c1-40(2)47-35-49(41(3)4)63(50(36-47)42(5)6)65-55-25-15-16-26-59(55)67-60-39-48(31-32-56(60)65)66-57-33-29-45(43-19-9-7-10-20-43)37-53(57)64(54-38-46(30-34-58(54)66)44-21-11-8-12-22-44)51-23-13-17-27-61(51)68-62-28-18-14-24-52(62)64/h7-42H,1-6H3. The van der Waals surface area contributed by atoms with Crippen molar-refractivity contribution < 1.29 is 4.74 Å². The van der Waals surface area contributed by atoms with E-state index >= 15 is 0 Å². The van der Waals surface area contributed by atoms with E-state index in [-0.39, 0.29) is 6.71 Å². The second-order valence-electron chi connectivity index (χ2n) is 19.7. The van der Waals surface area contributed by atoms with Crippen molar-refractivity contribution in [3.8, 4) is 33.8 Å². The van der Waals surface area contributed by atoms with Crippen LogP contribution < -0.4 is 26.0 Å². The van der Waals surface area contributed by atoms with E-state index in [1.54, 1.807) is 0 Å². The van der Waals surface area contributed by atoms with E-state index in [1.807, 2.05) is 11.8 Å². The largest absolute Gasteiger partial charge is 0.458 e. The van der Waals surface area contributed by atoms with Crippen LogP contribution in [0.25, 0.3) is 22.3 Å². The van der Waals surface area contributed by atoms with Gasteiger partial charge in [0, 0.05) is 21.5 Å². The molecule has 9 aromatic rings. The molecule has 0 fully saturated rings. The van der Waals surface area contributed by atoms with Gasteiger partial charge in [-0.15, -0.1) is 0 Å². The Hall–Kier alpha value is -7.01. The Labute approximate surface area is 406 Å². The number of para-hydroxylation sites is 1. The lowest BCUT2D eigenvalue weighted by molar-refractivity contribution is 0.487. The van der Waals surface area contributed by atoms with Gasteiger partial charge in [0.2, 0.25) is 0 Å². The van der Waals surface area contributed by atoms with Crippen molar-refractivity contribution in [1.82, 2.24) is 0 Å². The highest BCUT2D eigenvalue weighted by Crippen LogP contribution is 2.63. The first kappa shape index (κ1) is 42.4. The molecule has 0 atom stereocenters. The zero-order valence-corrected chi connectivity index (χ0v) is 40.4. The molecule has 12 rings (SSSR count). The van der Waals surface area contributed by atoms with Crippen LogP contribution in [0.15, 0.2) is 210 Å². The monoisotopic (exact) mass is 895 g/mol. The first-order valence-corrected chi connectivity index (χ1v) is 25.2. The van der Waals surface area contributed by atoms with Crippen LogP contribution in [0.4, 0.5) is 17.1 Å². The number of hydrogen-bond donors (Lipinski definition) is 0. The Morgan fingerprint density at radius 3 is 1.47 bits per heavy atom. The second-order valence-corrected chi connectivity index (χ2v) is 20.8. The number of fused-ring (bicyclic) bond motifs is 10. The Morgan fingerprint density at radius 2 is 0.926 bits per heavy atom. The molecule has 3 aliphatic rings. The van der Waals surface area contributed by atoms with Crippen molar-refractivity contribution in [2.24, 2.45) is 0 Å². The third kappa shape index (κ3) is 6.63. The molecule has 0 N–H and O–H groups in total. The average molecular weight is 896 g/mol. The molecule has 0 aromatic heterocycles. The predicted octanol–water partition coefficient (Wildman–Crippen LogP) is 15.6. The maximum absolute atomic E-state index is 7.13. The lowest BCUT2D eigenvalue weighted by atomic mass is 9.34. The highest BCUT2D eigenvalue weighted by molar-refractivity contribution is 7.99. The number of benzene rings is 9. The minimum atomic E-state index is -0.632. The molecule has 3 heterocycles. The van der Waals surface area contributed by atoms with Gasteiger partial charge in [-0.1, -0.05) is 204 Å². The summed E-state index contributed by atoms with van der Waals surface area (Å²) in [5.74, 6) is 2.96. The van der Waals surface area contributed by atoms with Gasteiger partial charge >= 0.3 is 0 Å². The Bertz CT molecular complexity index is 3240. The van der Waals surface area contributed by atoms with Gasteiger partial charge in [-0.25, -0.2) is 0 Å². The lowest BCUT2D eigenvalue weighted by Gasteiger charge is -2.49. The van der Waals surface area contributed by atoms with Crippen LogP contribution in [0.1, 0.15) is 98.2 Å². The molecule has 330 valence electrons. The zero-order chi connectivity index (χ0) is 46.3. The van der Waals surface area contributed by atoms with E-state index in [4.69, 9.17) is 4.74 Å². The lowest BCUT2D eigenvalue weighted by Crippen LogP contribution is -2.57. The molecule has 0 unspecified atom stereocenters. The number of rotatable bonds is 7. The van der Waals surface area contributed by atoms with Crippen LogP contribution >= 0.6 is 11.8 Å². The van der Waals surface area contributed by atoms with Gasteiger partial charge in [-0.05, 0) is 138 Å². The number of nitrogens with zero attached hydrogens (tertiary/aromatic N) is 1. The Morgan fingerprint density at radius 1 is 0.426 bits per heavy atom. The number of ether oxygens (including phenoxy) is 1. The molecule has 1 spiro atoms. The van der Waals surface area contributed by atoms with Gasteiger partial charge in [-0.3, -0.25) is 0 Å². The molecule has 0 amide bonds. The third-order valence-corrected chi connectivity index (χ3v) is 15.9. The summed E-state index contributed by atoms with van der Waals surface area (Å²) in [7, 11) is 0. The summed E-state index contributed by atoms with van der Waals surface area (Å²) in [5.41, 5.74) is 20.8. The molecule has 0 aliphatic carbocycles. The SMILES string of the molecule is CC(C)c1cc(C(C)C)c(B2c3ccccc3Oc3cc(N4c5ccc(-c6ccccc6)cc5C5(c6ccccc6Sc6ccccc65)c5cc(-c6ccccc6)ccc54)ccc32)c(C(C)C)c1. The maximum atomic E-state index is 7.13. The third-order valence-electron chi connectivity index (χ3n) is 14.8. The van der Waals surface area contributed by atoms with Crippen molar-refractivity contribution in [2.45, 2.75) is 74.5 Å². The van der Waals surface area contributed by atoms with Crippen molar-refractivity contribution in [1.29, 1.82) is 0 Å². The van der Waals surface area contributed by atoms with Crippen molar-refractivity contribution in [3.05, 3.63) is 239 Å². The molecule has 0 saturated carbocycles. The quantitative estimate of drug-likeness (QED) is 0.148. The van der Waals surface area contributed by atoms with Crippen molar-refractivity contribution in [2.75, 3.05) is 4.90 Å². The molecular weight excluding hydrogens is 842 g/mol. The topological polar surface area (TPSA) is 12.5 Å². The van der Waals surface area contributed by atoms with Gasteiger partial charge in [0.25, 0.3) is 6.71 Å². The summed E-state index contributed by atoms with van der Waals surface area (Å²) < 4.78 is 7.13. The van der Waals surface area contributed by atoms with Crippen LogP contribution in [0.2, 0.25) is 0 Å². The molecule has 0 bridgehead atoms. The highest BCUT2D eigenvalue weighted by Gasteiger charge is 2.51. The second kappa shape index (κ2) is 16.6. The van der Waals surface area contributed by atoms with Crippen LogP contribution in [0, 0.1) is 0 Å². The first-order chi connectivity index (χ1) is 33.2. The van der Waals surface area contributed by atoms with Crippen molar-refractivity contribution >= 4 is 51.9 Å². The van der Waals surface area contributed by atoms with Gasteiger partial charge in [0.1, 0.15) is 11.5 Å². The molecular formula is C64H54BNOS. The molecule has 4 heteroatoms. The van der Waals surface area contributed by atoms with Crippen LogP contribution in [0.3, 0.4) is 0 Å². The molecule has 0 saturated heterocycles. The fourth-order valence-electron chi connectivity index (χ4n) is 11.6. The van der Waals surface area contributed by atoms with Gasteiger partial charge in [0.05, 0.1) is 16.8 Å². The zero-order valence-electron chi connectivity index (χ0n) is 39.6. The summed E-state index contributed by atoms with van der Waals surface area (Å²) in [6, 6.07) is 75.0. The van der Waals surface area contributed by atoms with E-state index in [9.17, 15) is 0 Å². The predicted molar refractivity (Wildman–Crippen MR) is 288 cm³/mol. The molecule has 2 nitrogen and oxygen atoms in total. The Kier molecular flexibility index (Phi) is 10.4. The fourth-order valence-corrected chi connectivity index (χ4v) is 12.7. The van der Waals surface area contributed by atoms with Crippen molar-refractivity contribution in [3.63, 3.8) is 0 Å². The Balaban J connectivity index is 1.14. The van der Waals surface area contributed by atoms with Gasteiger partial charge < -0.3 is 9.64 Å². The van der Waals surface area contributed by atoms with Gasteiger partial charge in [0.15, 0.2) is 0 Å². The van der Waals surface area contributed by atoms with Gasteiger partial charge in [-0.2, -0.15) is 0 Å². The van der Waals surface area contributed by atoms with E-state index in [2.05, 4.69) is 247 Å². The summed E-state index contributed by atoms with van der Waals surface area (Å²) in [6.07, 6.45) is 0. The fraction of sp³-hybridized carbons (Fsp3) is 0.156. The molecule has 3 aliphatic heterocycles. The average Bonchev–Trinajstić information content (AvgIpc) is 3.37.